The van der Waals surface area contributed by atoms with E-state index >= 15 is 0 Å². The average molecular weight is 486 g/mol. The molecule has 4 rings (SSSR count). The van der Waals surface area contributed by atoms with E-state index in [4.69, 9.17) is 14.2 Å². The summed E-state index contributed by atoms with van der Waals surface area (Å²) in [6.07, 6.45) is 0. The molecule has 0 atom stereocenters. The number of benzene rings is 4. The van der Waals surface area contributed by atoms with Crippen LogP contribution in [-0.4, -0.2) is 39.4 Å². The van der Waals surface area contributed by atoms with Crippen LogP contribution in [0.15, 0.2) is 84.9 Å². The highest BCUT2D eigenvalue weighted by Gasteiger charge is 2.07. The monoisotopic (exact) mass is 485 g/mol. The lowest BCUT2D eigenvalue weighted by molar-refractivity contribution is 0.0921. The van der Waals surface area contributed by atoms with Gasteiger partial charge in [-0.3, -0.25) is 9.59 Å². The fraction of sp³-hybridized carbons (Fsp3) is 0.200. The van der Waals surface area contributed by atoms with E-state index in [1.165, 1.54) is 0 Å². The van der Waals surface area contributed by atoms with E-state index in [1.54, 1.807) is 33.3 Å². The summed E-state index contributed by atoms with van der Waals surface area (Å²) in [4.78, 5) is 23.2. The standard InChI is InChI=1S/C17H19NO3.C13H12O2/c1-18-15-7-9-16(10-8-15)21-12-17(19)14-5-3-13(4-6-14)11-20-2;1-9(14)10-3-4-12-8-13(15-2)6-5-11(12)7-10/h3-10,18H,11-12H2,1-2H3;3-8H,1-2H3. The largest absolute Gasteiger partial charge is 0.497 e. The molecule has 186 valence electrons. The van der Waals surface area contributed by atoms with Crippen LogP contribution >= 0.6 is 0 Å². The van der Waals surface area contributed by atoms with Crippen LogP contribution in [0.4, 0.5) is 5.69 Å². The van der Waals surface area contributed by atoms with Crippen molar-refractivity contribution in [3.05, 3.63) is 102 Å². The van der Waals surface area contributed by atoms with Crippen LogP contribution in [-0.2, 0) is 11.3 Å². The number of methoxy groups -OCH3 is 2. The Labute approximate surface area is 211 Å². The van der Waals surface area contributed by atoms with Crippen molar-refractivity contribution >= 4 is 28.0 Å². The second-order valence-electron chi connectivity index (χ2n) is 8.10. The minimum Gasteiger partial charge on any atom is -0.497 e. The van der Waals surface area contributed by atoms with Crippen LogP contribution in [0, 0.1) is 0 Å². The van der Waals surface area contributed by atoms with Gasteiger partial charge in [0.15, 0.2) is 18.2 Å². The lowest BCUT2D eigenvalue weighted by atomic mass is 10.0. The Balaban J connectivity index is 0.000000212. The highest BCUT2D eigenvalue weighted by atomic mass is 16.5. The Morgan fingerprint density at radius 1 is 0.750 bits per heavy atom. The average Bonchev–Trinajstić information content (AvgIpc) is 2.92. The Bertz CT molecular complexity index is 1300. The molecule has 0 heterocycles. The van der Waals surface area contributed by atoms with Crippen LogP contribution in [0.5, 0.6) is 11.5 Å². The molecule has 0 amide bonds. The minimum atomic E-state index is -0.0448. The van der Waals surface area contributed by atoms with E-state index in [2.05, 4.69) is 5.32 Å². The third-order valence-electron chi connectivity index (χ3n) is 5.55. The Kier molecular flexibility index (Phi) is 9.60. The van der Waals surface area contributed by atoms with E-state index in [-0.39, 0.29) is 18.2 Å². The maximum absolute atomic E-state index is 12.0. The number of fused-ring (bicyclic) bond motifs is 1. The summed E-state index contributed by atoms with van der Waals surface area (Å²) >= 11 is 0. The van der Waals surface area contributed by atoms with Gasteiger partial charge in [0.2, 0.25) is 0 Å². The maximum atomic E-state index is 12.0. The first-order valence-corrected chi connectivity index (χ1v) is 11.5. The first-order chi connectivity index (χ1) is 17.4. The van der Waals surface area contributed by atoms with Crippen molar-refractivity contribution in [3.8, 4) is 11.5 Å². The number of ether oxygens (including phenoxy) is 3. The third kappa shape index (κ3) is 7.42. The van der Waals surface area contributed by atoms with Gasteiger partial charge in [0.05, 0.1) is 13.7 Å². The van der Waals surface area contributed by atoms with Crippen LogP contribution in [0.2, 0.25) is 0 Å². The van der Waals surface area contributed by atoms with Gasteiger partial charge >= 0.3 is 0 Å². The molecule has 4 aromatic carbocycles. The lowest BCUT2D eigenvalue weighted by Gasteiger charge is -2.07. The van der Waals surface area contributed by atoms with Gasteiger partial charge in [-0.15, -0.1) is 0 Å². The highest BCUT2D eigenvalue weighted by molar-refractivity contribution is 5.98. The van der Waals surface area contributed by atoms with Gasteiger partial charge < -0.3 is 19.5 Å². The lowest BCUT2D eigenvalue weighted by Crippen LogP contribution is -2.11. The molecule has 36 heavy (non-hydrogen) atoms. The zero-order valence-electron chi connectivity index (χ0n) is 21.0. The molecule has 0 aliphatic rings. The van der Waals surface area contributed by atoms with E-state index in [9.17, 15) is 9.59 Å². The number of anilines is 1. The van der Waals surface area contributed by atoms with E-state index in [0.717, 1.165) is 33.3 Å². The van der Waals surface area contributed by atoms with Gasteiger partial charge in [-0.05, 0) is 65.7 Å². The summed E-state index contributed by atoms with van der Waals surface area (Å²) in [5, 5.41) is 5.17. The molecule has 0 saturated heterocycles. The Morgan fingerprint density at radius 2 is 1.36 bits per heavy atom. The summed E-state index contributed by atoms with van der Waals surface area (Å²) in [6.45, 7) is 2.15. The van der Waals surface area contributed by atoms with Crippen molar-refractivity contribution in [2.45, 2.75) is 13.5 Å². The summed E-state index contributed by atoms with van der Waals surface area (Å²) < 4.78 is 15.7. The third-order valence-corrected chi connectivity index (χ3v) is 5.55. The quantitative estimate of drug-likeness (QED) is 0.285. The van der Waals surface area contributed by atoms with Crippen molar-refractivity contribution < 1.29 is 23.8 Å². The number of rotatable bonds is 9. The van der Waals surface area contributed by atoms with Crippen molar-refractivity contribution in [2.75, 3.05) is 33.2 Å². The number of hydrogen-bond acceptors (Lipinski definition) is 6. The van der Waals surface area contributed by atoms with Crippen LogP contribution in [0.3, 0.4) is 0 Å². The highest BCUT2D eigenvalue weighted by Crippen LogP contribution is 2.22. The van der Waals surface area contributed by atoms with Crippen molar-refractivity contribution in [2.24, 2.45) is 0 Å². The molecule has 0 saturated carbocycles. The second-order valence-corrected chi connectivity index (χ2v) is 8.10. The number of carbonyl (C=O) groups is 2. The zero-order chi connectivity index (χ0) is 25.9. The molecule has 0 bridgehead atoms. The minimum absolute atomic E-state index is 0.0303. The molecule has 0 unspecified atom stereocenters. The van der Waals surface area contributed by atoms with Crippen LogP contribution in [0.1, 0.15) is 33.2 Å². The first-order valence-electron chi connectivity index (χ1n) is 11.5. The molecule has 1 N–H and O–H groups in total. The van der Waals surface area contributed by atoms with Gasteiger partial charge in [0, 0.05) is 31.0 Å². The summed E-state index contributed by atoms with van der Waals surface area (Å²) in [5.74, 6) is 1.56. The second kappa shape index (κ2) is 13.1. The SMILES string of the molecule is CNc1ccc(OCC(=O)c2ccc(COC)cc2)cc1.COc1ccc2cc(C(C)=O)ccc2c1. The molecule has 0 aromatic heterocycles. The summed E-state index contributed by atoms with van der Waals surface area (Å²) in [6, 6.07) is 26.3. The Hall–Kier alpha value is -4.16. The van der Waals surface area contributed by atoms with Gasteiger partial charge in [0.25, 0.3) is 0 Å². The zero-order valence-corrected chi connectivity index (χ0v) is 21.0. The molecule has 0 aliphatic heterocycles. The normalized spacial score (nSPS) is 10.2. The fourth-order valence-corrected chi connectivity index (χ4v) is 3.47. The maximum Gasteiger partial charge on any atom is 0.200 e. The molecular weight excluding hydrogens is 454 g/mol. The van der Waals surface area contributed by atoms with Gasteiger partial charge in [-0.2, -0.15) is 0 Å². The molecular formula is C30H31NO5. The summed E-state index contributed by atoms with van der Waals surface area (Å²) in [5.41, 5.74) is 3.43. The molecule has 0 fully saturated rings. The van der Waals surface area contributed by atoms with E-state index < -0.39 is 0 Å². The topological polar surface area (TPSA) is 73.9 Å². The predicted octanol–water partition coefficient (Wildman–Crippen LogP) is 6.19. The molecule has 0 radical (unpaired) electrons. The molecule has 0 aliphatic carbocycles. The summed E-state index contributed by atoms with van der Waals surface area (Å²) in [7, 11) is 5.14. The van der Waals surface area contributed by atoms with Crippen molar-refractivity contribution in [3.63, 3.8) is 0 Å². The van der Waals surface area contributed by atoms with Crippen LogP contribution < -0.4 is 14.8 Å². The van der Waals surface area contributed by atoms with Crippen molar-refractivity contribution in [1.29, 1.82) is 0 Å². The number of carbonyl (C=O) groups excluding carboxylic acids is 2. The smallest absolute Gasteiger partial charge is 0.200 e. The molecule has 4 aromatic rings. The molecule has 6 heteroatoms. The Morgan fingerprint density at radius 3 is 1.97 bits per heavy atom. The van der Waals surface area contributed by atoms with Crippen LogP contribution in [0.25, 0.3) is 10.8 Å². The molecule has 6 nitrogen and oxygen atoms in total. The fourth-order valence-electron chi connectivity index (χ4n) is 3.47. The van der Waals surface area contributed by atoms with Crippen molar-refractivity contribution in [1.82, 2.24) is 0 Å². The number of Topliss-reactive ketones (excluding diaryl/α,β-unsaturated/α-hetero) is 2. The molecule has 0 spiro atoms. The number of hydrogen-bond donors (Lipinski definition) is 1. The first kappa shape index (κ1) is 26.4. The van der Waals surface area contributed by atoms with E-state index in [1.807, 2.05) is 79.8 Å². The van der Waals surface area contributed by atoms with Gasteiger partial charge in [-0.1, -0.05) is 42.5 Å². The van der Waals surface area contributed by atoms with E-state index in [0.29, 0.717) is 17.9 Å². The number of nitrogens with one attached hydrogen (secondary N) is 1. The van der Waals surface area contributed by atoms with Gasteiger partial charge in [-0.25, -0.2) is 0 Å². The number of ketones is 2. The van der Waals surface area contributed by atoms with Gasteiger partial charge in [0.1, 0.15) is 11.5 Å². The predicted molar refractivity (Wildman–Crippen MR) is 143 cm³/mol.